The summed E-state index contributed by atoms with van der Waals surface area (Å²) in [6.45, 7) is 1.59. The highest BCUT2D eigenvalue weighted by atomic mass is 19.1. The zero-order valence-electron chi connectivity index (χ0n) is 13.7. The van der Waals surface area contributed by atoms with Crippen molar-refractivity contribution >= 4 is 22.4 Å². The van der Waals surface area contributed by atoms with Gasteiger partial charge in [-0.05, 0) is 47.5 Å². The van der Waals surface area contributed by atoms with Crippen molar-refractivity contribution in [1.82, 2.24) is 5.43 Å². The second-order valence-electron chi connectivity index (χ2n) is 5.54. The van der Waals surface area contributed by atoms with Crippen LogP contribution in [0.4, 0.5) is 4.39 Å². The molecule has 0 radical (unpaired) electrons. The molecule has 0 spiro atoms. The lowest BCUT2D eigenvalue weighted by molar-refractivity contribution is -0.123. The predicted molar refractivity (Wildman–Crippen MR) is 96.2 cm³/mol. The second kappa shape index (κ2) is 7.57. The van der Waals surface area contributed by atoms with Crippen molar-refractivity contribution in [3.05, 3.63) is 78.1 Å². The van der Waals surface area contributed by atoms with Gasteiger partial charge in [-0.2, -0.15) is 5.10 Å². The smallest absolute Gasteiger partial charge is 0.277 e. The molecule has 3 aromatic rings. The van der Waals surface area contributed by atoms with Crippen molar-refractivity contribution in [2.45, 2.75) is 6.92 Å². The number of hydrogen-bond acceptors (Lipinski definition) is 3. The standard InChI is InChI=1S/C20H17FN2O2/c1-14(15-6-9-18(21)10-7-15)22-23-20(24)13-25-19-11-8-16-4-2-3-5-17(16)12-19/h2-12H,13H2,1H3,(H,23,24)/b22-14+. The Kier molecular flexibility index (Phi) is 5.04. The van der Waals surface area contributed by atoms with Crippen LogP contribution < -0.4 is 10.2 Å². The van der Waals surface area contributed by atoms with Crippen molar-refractivity contribution in [2.75, 3.05) is 6.61 Å². The van der Waals surface area contributed by atoms with Gasteiger partial charge in [-0.15, -0.1) is 0 Å². The largest absolute Gasteiger partial charge is 0.484 e. The normalized spacial score (nSPS) is 11.4. The number of benzene rings is 3. The van der Waals surface area contributed by atoms with E-state index in [0.29, 0.717) is 11.5 Å². The van der Waals surface area contributed by atoms with Crippen LogP contribution in [0.1, 0.15) is 12.5 Å². The van der Waals surface area contributed by atoms with E-state index in [1.54, 1.807) is 19.1 Å². The molecule has 0 heterocycles. The minimum atomic E-state index is -0.366. The van der Waals surface area contributed by atoms with Gasteiger partial charge in [0, 0.05) is 0 Å². The van der Waals surface area contributed by atoms with Gasteiger partial charge in [0.05, 0.1) is 5.71 Å². The summed E-state index contributed by atoms with van der Waals surface area (Å²) < 4.78 is 18.4. The maximum Gasteiger partial charge on any atom is 0.277 e. The number of amides is 1. The molecule has 0 aliphatic rings. The molecule has 3 rings (SSSR count). The number of halogens is 1. The number of ether oxygens (including phenoxy) is 1. The fourth-order valence-corrected chi connectivity index (χ4v) is 2.34. The van der Waals surface area contributed by atoms with E-state index in [1.807, 2.05) is 42.5 Å². The van der Waals surface area contributed by atoms with Crippen molar-refractivity contribution < 1.29 is 13.9 Å². The second-order valence-corrected chi connectivity index (χ2v) is 5.54. The highest BCUT2D eigenvalue weighted by Gasteiger charge is 2.04. The molecule has 0 aliphatic heterocycles. The average molecular weight is 336 g/mol. The van der Waals surface area contributed by atoms with E-state index in [4.69, 9.17) is 4.74 Å². The number of carbonyl (C=O) groups excluding carboxylic acids is 1. The van der Waals surface area contributed by atoms with Crippen LogP contribution in [0.5, 0.6) is 5.75 Å². The maximum absolute atomic E-state index is 12.9. The monoisotopic (exact) mass is 336 g/mol. The topological polar surface area (TPSA) is 50.7 Å². The molecule has 0 bridgehead atoms. The van der Waals surface area contributed by atoms with Gasteiger partial charge in [-0.25, -0.2) is 9.82 Å². The average Bonchev–Trinajstić information content (AvgIpc) is 2.65. The Bertz CT molecular complexity index is 920. The molecule has 1 N–H and O–H groups in total. The van der Waals surface area contributed by atoms with Crippen molar-refractivity contribution in [2.24, 2.45) is 5.10 Å². The van der Waals surface area contributed by atoms with Gasteiger partial charge in [0.25, 0.3) is 5.91 Å². The van der Waals surface area contributed by atoms with Crippen molar-refractivity contribution in [3.63, 3.8) is 0 Å². The van der Waals surface area contributed by atoms with E-state index >= 15 is 0 Å². The van der Waals surface area contributed by atoms with Crippen molar-refractivity contribution in [1.29, 1.82) is 0 Å². The minimum absolute atomic E-state index is 0.140. The zero-order valence-corrected chi connectivity index (χ0v) is 13.7. The van der Waals surface area contributed by atoms with Crippen molar-refractivity contribution in [3.8, 4) is 5.75 Å². The number of rotatable bonds is 5. The summed E-state index contributed by atoms with van der Waals surface area (Å²) in [6.07, 6.45) is 0. The highest BCUT2D eigenvalue weighted by molar-refractivity contribution is 5.99. The Balaban J connectivity index is 1.56. The summed E-state index contributed by atoms with van der Waals surface area (Å²) >= 11 is 0. The molecule has 126 valence electrons. The quantitative estimate of drug-likeness (QED) is 0.567. The molecule has 0 unspecified atom stereocenters. The van der Waals surface area contributed by atoms with Gasteiger partial charge in [0.1, 0.15) is 11.6 Å². The Labute approximate surface area is 144 Å². The molecule has 1 amide bonds. The number of fused-ring (bicyclic) bond motifs is 1. The summed E-state index contributed by atoms with van der Waals surface area (Å²) in [5, 5.41) is 6.16. The number of nitrogens with zero attached hydrogens (tertiary/aromatic N) is 1. The highest BCUT2D eigenvalue weighted by Crippen LogP contribution is 2.20. The number of hydrogen-bond donors (Lipinski definition) is 1. The fraction of sp³-hybridized carbons (Fsp3) is 0.100. The lowest BCUT2D eigenvalue weighted by Crippen LogP contribution is -2.25. The van der Waals surface area contributed by atoms with Crippen LogP contribution in [0.2, 0.25) is 0 Å². The van der Waals surface area contributed by atoms with Gasteiger partial charge in [-0.1, -0.05) is 42.5 Å². The first kappa shape index (κ1) is 16.6. The first-order chi connectivity index (χ1) is 12.1. The molecule has 0 aliphatic carbocycles. The van der Waals surface area contributed by atoms with Crippen LogP contribution in [0.25, 0.3) is 10.8 Å². The van der Waals surface area contributed by atoms with Crippen LogP contribution >= 0.6 is 0 Å². The van der Waals surface area contributed by atoms with Gasteiger partial charge in [0.2, 0.25) is 0 Å². The van der Waals surface area contributed by atoms with Gasteiger partial charge >= 0.3 is 0 Å². The molecule has 0 saturated carbocycles. The third-order valence-corrected chi connectivity index (χ3v) is 3.70. The Morgan fingerprint density at radius 3 is 2.52 bits per heavy atom. The first-order valence-electron chi connectivity index (χ1n) is 7.82. The molecule has 0 atom stereocenters. The minimum Gasteiger partial charge on any atom is -0.484 e. The Morgan fingerprint density at radius 2 is 1.76 bits per heavy atom. The Morgan fingerprint density at radius 1 is 1.04 bits per heavy atom. The Hall–Kier alpha value is -3.21. The van der Waals surface area contributed by atoms with E-state index in [9.17, 15) is 9.18 Å². The first-order valence-corrected chi connectivity index (χ1v) is 7.82. The predicted octanol–water partition coefficient (Wildman–Crippen LogP) is 3.90. The van der Waals surface area contributed by atoms with Crippen LogP contribution in [0, 0.1) is 5.82 Å². The van der Waals surface area contributed by atoms with Crippen LogP contribution in [-0.4, -0.2) is 18.2 Å². The molecule has 4 nitrogen and oxygen atoms in total. The lowest BCUT2D eigenvalue weighted by atomic mass is 10.1. The molecular formula is C20H17FN2O2. The summed E-state index contributed by atoms with van der Waals surface area (Å²) in [5.41, 5.74) is 3.75. The van der Waals surface area contributed by atoms with E-state index in [2.05, 4.69) is 10.5 Å². The van der Waals surface area contributed by atoms with Gasteiger partial charge in [-0.3, -0.25) is 4.79 Å². The summed E-state index contributed by atoms with van der Waals surface area (Å²) in [7, 11) is 0. The molecule has 5 heteroatoms. The molecule has 3 aromatic carbocycles. The molecular weight excluding hydrogens is 319 g/mol. The molecule has 0 saturated heterocycles. The van der Waals surface area contributed by atoms with Crippen LogP contribution in [0.15, 0.2) is 71.8 Å². The van der Waals surface area contributed by atoms with E-state index in [0.717, 1.165) is 16.3 Å². The fourth-order valence-electron chi connectivity index (χ4n) is 2.34. The molecule has 25 heavy (non-hydrogen) atoms. The summed E-state index contributed by atoms with van der Waals surface area (Å²) in [6, 6.07) is 19.5. The number of nitrogens with one attached hydrogen (secondary N) is 1. The summed E-state index contributed by atoms with van der Waals surface area (Å²) in [4.78, 5) is 11.9. The third kappa shape index (κ3) is 4.41. The molecule has 0 aromatic heterocycles. The lowest BCUT2D eigenvalue weighted by Gasteiger charge is -2.07. The van der Waals surface area contributed by atoms with E-state index in [1.165, 1.54) is 12.1 Å². The van der Waals surface area contributed by atoms with E-state index in [-0.39, 0.29) is 18.3 Å². The molecule has 0 fully saturated rings. The van der Waals surface area contributed by atoms with Crippen LogP contribution in [-0.2, 0) is 4.79 Å². The van der Waals surface area contributed by atoms with E-state index < -0.39 is 0 Å². The number of carbonyl (C=O) groups is 1. The third-order valence-electron chi connectivity index (χ3n) is 3.70. The van der Waals surface area contributed by atoms with Gasteiger partial charge < -0.3 is 4.74 Å². The van der Waals surface area contributed by atoms with Gasteiger partial charge in [0.15, 0.2) is 6.61 Å². The summed E-state index contributed by atoms with van der Waals surface area (Å²) in [5.74, 6) is -0.0629. The number of hydrazone groups is 1. The SMILES string of the molecule is C/C(=N\NC(=O)COc1ccc2ccccc2c1)c1ccc(F)cc1. The van der Waals surface area contributed by atoms with Crippen LogP contribution in [0.3, 0.4) is 0 Å². The zero-order chi connectivity index (χ0) is 17.6. The maximum atomic E-state index is 12.9.